The number of aromatic nitrogens is 4. The van der Waals surface area contributed by atoms with Crippen molar-refractivity contribution < 1.29 is 18.0 Å². The van der Waals surface area contributed by atoms with E-state index in [1.54, 1.807) is 0 Å². The Balaban J connectivity index is 1.60. The molecule has 220 valence electrons. The Morgan fingerprint density at radius 3 is 2.52 bits per heavy atom. The molecule has 2 N–H and O–H groups in total. The molecule has 0 aromatic carbocycles. The Labute approximate surface area is 233 Å². The highest BCUT2D eigenvalue weighted by atomic mass is 32.2. The summed E-state index contributed by atoms with van der Waals surface area (Å²) in [5, 5.41) is 10.6. The van der Waals surface area contributed by atoms with Crippen molar-refractivity contribution in [1.29, 1.82) is 0 Å². The van der Waals surface area contributed by atoms with Gasteiger partial charge in [-0.25, -0.2) is 13.2 Å². The molecule has 0 saturated heterocycles. The number of amides is 2. The van der Waals surface area contributed by atoms with Gasteiger partial charge in [0.1, 0.15) is 0 Å². The maximum absolute atomic E-state index is 13.5. The van der Waals surface area contributed by atoms with Gasteiger partial charge in [0.15, 0.2) is 10.6 Å². The molecule has 40 heavy (non-hydrogen) atoms. The summed E-state index contributed by atoms with van der Waals surface area (Å²) in [5.74, 6) is -0.0434. The third kappa shape index (κ3) is 6.22. The molecule has 0 radical (unpaired) electrons. The molecular weight excluding hydrogens is 538 g/mol. The van der Waals surface area contributed by atoms with Crippen LogP contribution in [0.15, 0.2) is 20.7 Å². The van der Waals surface area contributed by atoms with E-state index in [0.29, 0.717) is 31.0 Å². The predicted octanol–water partition coefficient (Wildman–Crippen LogP) is -0.0953. The molecule has 2 aliphatic rings. The highest BCUT2D eigenvalue weighted by Crippen LogP contribution is 2.26. The zero-order chi connectivity index (χ0) is 29.2. The highest BCUT2D eigenvalue weighted by Gasteiger charge is 2.32. The SMILES string of the molecule is CC(C)CCn1nc2c3c1CCC(C3)NC(=O)CCCN(S(=O)(=O)c1cn(C)c(=O)n(C)c1=O)CCCNC2=O. The second kappa shape index (κ2) is 12.1. The number of aryl methyl sites for hydroxylation is 2. The Morgan fingerprint density at radius 2 is 1.80 bits per heavy atom. The van der Waals surface area contributed by atoms with Gasteiger partial charge in [0.05, 0.1) is 0 Å². The van der Waals surface area contributed by atoms with Gasteiger partial charge in [0, 0.05) is 70.2 Å². The van der Waals surface area contributed by atoms with E-state index in [1.165, 1.54) is 14.1 Å². The summed E-state index contributed by atoms with van der Waals surface area (Å²) in [7, 11) is -1.68. The number of hydrogen-bond donors (Lipinski definition) is 2. The molecule has 0 saturated carbocycles. The van der Waals surface area contributed by atoms with Gasteiger partial charge >= 0.3 is 5.69 Å². The third-order valence-corrected chi connectivity index (χ3v) is 9.44. The monoisotopic (exact) mass is 577 g/mol. The molecule has 0 spiro atoms. The average molecular weight is 578 g/mol. The number of hydrogen-bond acceptors (Lipinski definition) is 7. The maximum Gasteiger partial charge on any atom is 0.330 e. The van der Waals surface area contributed by atoms with Crippen LogP contribution in [0, 0.1) is 5.92 Å². The third-order valence-electron chi connectivity index (χ3n) is 7.56. The predicted molar refractivity (Wildman–Crippen MR) is 148 cm³/mol. The summed E-state index contributed by atoms with van der Waals surface area (Å²) in [6.07, 6.45) is 4.54. The van der Waals surface area contributed by atoms with E-state index in [-0.39, 0.29) is 56.8 Å². The van der Waals surface area contributed by atoms with Crippen LogP contribution in [0.1, 0.15) is 67.7 Å². The van der Waals surface area contributed by atoms with Crippen molar-refractivity contribution in [3.8, 4) is 0 Å². The van der Waals surface area contributed by atoms with Gasteiger partial charge in [-0.15, -0.1) is 0 Å². The summed E-state index contributed by atoms with van der Waals surface area (Å²) < 4.78 is 32.0. The highest BCUT2D eigenvalue weighted by molar-refractivity contribution is 7.89. The molecule has 13 nitrogen and oxygen atoms in total. The van der Waals surface area contributed by atoms with Crippen LogP contribution in [0.4, 0.5) is 0 Å². The molecule has 1 unspecified atom stereocenters. The van der Waals surface area contributed by atoms with Crippen LogP contribution in [0.25, 0.3) is 0 Å². The van der Waals surface area contributed by atoms with E-state index in [2.05, 4.69) is 29.6 Å². The van der Waals surface area contributed by atoms with Crippen molar-refractivity contribution >= 4 is 21.8 Å². The minimum Gasteiger partial charge on any atom is -0.353 e. The zero-order valence-corrected chi connectivity index (χ0v) is 24.4. The summed E-state index contributed by atoms with van der Waals surface area (Å²) >= 11 is 0. The molecule has 1 aliphatic carbocycles. The van der Waals surface area contributed by atoms with Gasteiger partial charge in [0.25, 0.3) is 11.5 Å². The van der Waals surface area contributed by atoms with Crippen LogP contribution < -0.4 is 21.9 Å². The molecular formula is C26H39N7O6S. The first-order valence-electron chi connectivity index (χ1n) is 13.8. The fourth-order valence-electron chi connectivity index (χ4n) is 5.26. The summed E-state index contributed by atoms with van der Waals surface area (Å²) in [6.45, 7) is 5.21. The van der Waals surface area contributed by atoms with E-state index in [0.717, 1.165) is 43.7 Å². The Morgan fingerprint density at radius 1 is 1.07 bits per heavy atom. The van der Waals surface area contributed by atoms with Gasteiger partial charge in [0.2, 0.25) is 15.9 Å². The first-order chi connectivity index (χ1) is 18.9. The zero-order valence-electron chi connectivity index (χ0n) is 23.6. The van der Waals surface area contributed by atoms with Crippen molar-refractivity contribution in [3.63, 3.8) is 0 Å². The van der Waals surface area contributed by atoms with E-state index in [4.69, 9.17) is 0 Å². The fraction of sp³-hybridized carbons (Fsp3) is 0.654. The number of nitrogens with one attached hydrogen (secondary N) is 2. The molecule has 2 aromatic rings. The normalized spacial score (nSPS) is 19.6. The summed E-state index contributed by atoms with van der Waals surface area (Å²) in [6, 6.07) is -0.145. The number of carbonyl (C=O) groups is 2. The average Bonchev–Trinajstić information content (AvgIpc) is 3.26. The van der Waals surface area contributed by atoms with Crippen molar-refractivity contribution in [1.82, 2.24) is 33.9 Å². The van der Waals surface area contributed by atoms with E-state index >= 15 is 0 Å². The van der Waals surface area contributed by atoms with Gasteiger partial charge in [-0.05, 0) is 44.4 Å². The van der Waals surface area contributed by atoms with Crippen molar-refractivity contribution in [2.24, 2.45) is 20.0 Å². The topological polar surface area (TPSA) is 157 Å². The second-order valence-electron chi connectivity index (χ2n) is 11.1. The van der Waals surface area contributed by atoms with Gasteiger partial charge in [-0.3, -0.25) is 23.6 Å². The lowest BCUT2D eigenvalue weighted by atomic mass is 9.91. The molecule has 14 heteroatoms. The molecule has 3 heterocycles. The van der Waals surface area contributed by atoms with E-state index < -0.39 is 26.2 Å². The minimum absolute atomic E-state index is 0.00712. The molecule has 4 rings (SSSR count). The van der Waals surface area contributed by atoms with Gasteiger partial charge in [-0.1, -0.05) is 13.8 Å². The first kappa shape index (κ1) is 29.7. The molecule has 1 atom stereocenters. The van der Waals surface area contributed by atoms with Gasteiger partial charge in [-0.2, -0.15) is 9.40 Å². The standard InChI is InChI=1S/C26H39N7O6S/c1-17(2)10-14-33-20-9-8-18-15-19(20)23(29-33)24(35)27-11-6-13-32(12-5-7-22(34)28-18)40(38,39)21-16-30(3)26(37)31(4)25(21)36/h16-18H,5-15H2,1-4H3,(H,27,35)(H,28,34). The Kier molecular flexibility index (Phi) is 8.98. The number of sulfonamides is 1. The Hall–Kier alpha value is -3.26. The maximum atomic E-state index is 13.5. The van der Waals surface area contributed by atoms with Crippen LogP contribution >= 0.6 is 0 Å². The molecule has 2 amide bonds. The number of fused-ring (bicyclic) bond motifs is 1. The van der Waals surface area contributed by atoms with Gasteiger partial charge < -0.3 is 15.2 Å². The fourth-order valence-corrected chi connectivity index (χ4v) is 6.92. The lowest BCUT2D eigenvalue weighted by Gasteiger charge is -2.25. The van der Waals surface area contributed by atoms with Crippen LogP contribution in [0.3, 0.4) is 0 Å². The lowest BCUT2D eigenvalue weighted by Crippen LogP contribution is -2.43. The Bertz CT molecular complexity index is 1500. The number of nitrogens with zero attached hydrogens (tertiary/aromatic N) is 5. The van der Waals surface area contributed by atoms with E-state index in [9.17, 15) is 27.6 Å². The van der Waals surface area contributed by atoms with Crippen LogP contribution in [-0.4, -0.2) is 69.1 Å². The summed E-state index contributed by atoms with van der Waals surface area (Å²) in [4.78, 5) is 50.3. The molecule has 0 fully saturated rings. The van der Waals surface area contributed by atoms with Crippen molar-refractivity contribution in [3.05, 3.63) is 44.0 Å². The quantitative estimate of drug-likeness (QED) is 0.503. The minimum atomic E-state index is -4.28. The van der Waals surface area contributed by atoms with Crippen molar-refractivity contribution in [2.75, 3.05) is 19.6 Å². The number of carbonyl (C=O) groups excluding carboxylic acids is 2. The van der Waals surface area contributed by atoms with Crippen molar-refractivity contribution in [2.45, 2.75) is 76.3 Å². The first-order valence-corrected chi connectivity index (χ1v) is 15.3. The summed E-state index contributed by atoms with van der Waals surface area (Å²) in [5.41, 5.74) is 0.703. The largest absolute Gasteiger partial charge is 0.353 e. The molecule has 1 aliphatic heterocycles. The van der Waals surface area contributed by atoms with Crippen LogP contribution in [0.2, 0.25) is 0 Å². The second-order valence-corrected chi connectivity index (χ2v) is 13.0. The molecule has 2 bridgehead atoms. The van der Waals surface area contributed by atoms with Crippen LogP contribution in [-0.2, 0) is 48.3 Å². The lowest BCUT2D eigenvalue weighted by molar-refractivity contribution is -0.122. The van der Waals surface area contributed by atoms with Crippen LogP contribution in [0.5, 0.6) is 0 Å². The van der Waals surface area contributed by atoms with E-state index in [1.807, 2.05) is 4.68 Å². The molecule has 2 aromatic heterocycles. The number of rotatable bonds is 5. The smallest absolute Gasteiger partial charge is 0.330 e.